The molecule has 3 atom stereocenters. The summed E-state index contributed by atoms with van der Waals surface area (Å²) in [5.41, 5.74) is 0.904. The maximum Gasteiger partial charge on any atom is 0.309 e. The van der Waals surface area contributed by atoms with Crippen molar-refractivity contribution in [3.05, 3.63) is 35.9 Å². The van der Waals surface area contributed by atoms with Crippen molar-refractivity contribution in [3.8, 4) is 0 Å². The first-order valence-electron chi connectivity index (χ1n) is 6.65. The van der Waals surface area contributed by atoms with E-state index in [1.807, 2.05) is 44.2 Å². The lowest BCUT2D eigenvalue weighted by Crippen LogP contribution is -2.37. The van der Waals surface area contributed by atoms with Gasteiger partial charge < -0.3 is 10.0 Å². The molecular formula is C15H19NO3. The summed E-state index contributed by atoms with van der Waals surface area (Å²) in [4.78, 5) is 25.3. The zero-order chi connectivity index (χ0) is 14.0. The molecule has 4 nitrogen and oxygen atoms in total. The van der Waals surface area contributed by atoms with Crippen molar-refractivity contribution in [1.29, 1.82) is 0 Å². The van der Waals surface area contributed by atoms with Crippen molar-refractivity contribution in [2.24, 2.45) is 5.92 Å². The normalized spacial score (nSPS) is 24.5. The van der Waals surface area contributed by atoms with Crippen molar-refractivity contribution >= 4 is 11.9 Å². The molecule has 0 spiro atoms. The topological polar surface area (TPSA) is 57.6 Å². The highest BCUT2D eigenvalue weighted by Crippen LogP contribution is 2.40. The van der Waals surface area contributed by atoms with E-state index in [0.717, 1.165) is 12.0 Å². The molecule has 0 unspecified atom stereocenters. The fraction of sp³-hybridized carbons (Fsp3) is 0.467. The summed E-state index contributed by atoms with van der Waals surface area (Å²) in [6, 6.07) is 9.16. The van der Waals surface area contributed by atoms with E-state index in [0.29, 0.717) is 0 Å². The third-order valence-corrected chi connectivity index (χ3v) is 3.89. The number of aliphatic carboxylic acids is 1. The molecule has 0 radical (unpaired) electrons. The van der Waals surface area contributed by atoms with E-state index in [1.165, 1.54) is 0 Å². The molecule has 0 bridgehead atoms. The van der Waals surface area contributed by atoms with Crippen LogP contribution in [0.2, 0.25) is 0 Å². The third kappa shape index (κ3) is 2.48. The van der Waals surface area contributed by atoms with Crippen LogP contribution in [0, 0.1) is 5.92 Å². The molecule has 19 heavy (non-hydrogen) atoms. The summed E-state index contributed by atoms with van der Waals surface area (Å²) in [6.07, 6.45) is 0.917. The van der Waals surface area contributed by atoms with Gasteiger partial charge in [0, 0.05) is 12.5 Å². The Morgan fingerprint density at radius 3 is 2.58 bits per heavy atom. The standard InChI is InChI=1S/C15H19NO3/c1-3-10(2)16-13(17)9-12(15(18)19)14(16)11-7-5-4-6-8-11/h4-8,10,12,14H,3,9H2,1-2H3,(H,18,19)/t10-,12-,14-/m0/s1. The molecule has 4 heteroatoms. The molecule has 2 rings (SSSR count). The Morgan fingerprint density at radius 2 is 2.05 bits per heavy atom. The van der Waals surface area contributed by atoms with Crippen LogP contribution in [0.4, 0.5) is 0 Å². The fourth-order valence-electron chi connectivity index (χ4n) is 2.74. The maximum absolute atomic E-state index is 12.1. The summed E-state index contributed by atoms with van der Waals surface area (Å²) in [5.74, 6) is -1.60. The first-order chi connectivity index (χ1) is 9.06. The van der Waals surface area contributed by atoms with Gasteiger partial charge in [-0.05, 0) is 18.9 Å². The fourth-order valence-corrected chi connectivity index (χ4v) is 2.74. The Labute approximate surface area is 113 Å². The minimum Gasteiger partial charge on any atom is -0.481 e. The molecule has 0 aliphatic carbocycles. The van der Waals surface area contributed by atoms with Gasteiger partial charge in [-0.15, -0.1) is 0 Å². The number of carboxylic acids is 1. The van der Waals surface area contributed by atoms with Crippen LogP contribution in [0.3, 0.4) is 0 Å². The maximum atomic E-state index is 12.1. The number of nitrogens with zero attached hydrogens (tertiary/aromatic N) is 1. The molecule has 1 aliphatic heterocycles. The van der Waals surface area contributed by atoms with E-state index in [2.05, 4.69) is 0 Å². The second-order valence-electron chi connectivity index (χ2n) is 5.06. The minimum atomic E-state index is -0.895. The summed E-state index contributed by atoms with van der Waals surface area (Å²) < 4.78 is 0. The molecule has 1 aliphatic rings. The molecule has 1 N–H and O–H groups in total. The molecule has 1 fully saturated rings. The van der Waals surface area contributed by atoms with Gasteiger partial charge in [0.05, 0.1) is 12.0 Å². The lowest BCUT2D eigenvalue weighted by Gasteiger charge is -2.32. The molecule has 0 saturated carbocycles. The minimum absolute atomic E-state index is 0.0575. The number of rotatable bonds is 4. The number of carbonyl (C=O) groups excluding carboxylic acids is 1. The Bertz CT molecular complexity index is 472. The molecule has 1 saturated heterocycles. The first-order valence-corrected chi connectivity index (χ1v) is 6.65. The van der Waals surface area contributed by atoms with E-state index < -0.39 is 11.9 Å². The van der Waals surface area contributed by atoms with Gasteiger partial charge in [0.25, 0.3) is 0 Å². The molecule has 1 amide bonds. The Kier molecular flexibility index (Phi) is 3.88. The molecule has 1 aromatic rings. The zero-order valence-electron chi connectivity index (χ0n) is 11.2. The van der Waals surface area contributed by atoms with Crippen LogP contribution in [0.25, 0.3) is 0 Å². The van der Waals surface area contributed by atoms with Crippen molar-refractivity contribution < 1.29 is 14.7 Å². The lowest BCUT2D eigenvalue weighted by molar-refractivity contribution is -0.142. The Morgan fingerprint density at radius 1 is 1.42 bits per heavy atom. The van der Waals surface area contributed by atoms with Crippen LogP contribution in [0.5, 0.6) is 0 Å². The number of carboxylic acid groups (broad SMARTS) is 1. The summed E-state index contributed by atoms with van der Waals surface area (Å²) in [5, 5.41) is 9.36. The van der Waals surface area contributed by atoms with E-state index in [4.69, 9.17) is 0 Å². The first kappa shape index (κ1) is 13.6. The molecule has 0 aromatic heterocycles. The van der Waals surface area contributed by atoms with Gasteiger partial charge in [-0.1, -0.05) is 37.3 Å². The van der Waals surface area contributed by atoms with Gasteiger partial charge in [0.15, 0.2) is 0 Å². The number of carbonyl (C=O) groups is 2. The molecule has 1 aromatic carbocycles. The van der Waals surface area contributed by atoms with Crippen LogP contribution in [0.1, 0.15) is 38.3 Å². The quantitative estimate of drug-likeness (QED) is 0.905. The smallest absolute Gasteiger partial charge is 0.309 e. The van der Waals surface area contributed by atoms with Crippen molar-refractivity contribution in [1.82, 2.24) is 4.90 Å². The monoisotopic (exact) mass is 261 g/mol. The summed E-state index contributed by atoms with van der Waals surface area (Å²) in [6.45, 7) is 3.98. The van der Waals surface area contributed by atoms with Gasteiger partial charge in [-0.2, -0.15) is 0 Å². The van der Waals surface area contributed by atoms with Crippen molar-refractivity contribution in [3.63, 3.8) is 0 Å². The lowest BCUT2D eigenvalue weighted by atomic mass is 9.93. The van der Waals surface area contributed by atoms with Crippen molar-refractivity contribution in [2.75, 3.05) is 0 Å². The van der Waals surface area contributed by atoms with E-state index in [1.54, 1.807) is 4.90 Å². The van der Waals surface area contributed by atoms with E-state index in [9.17, 15) is 14.7 Å². The van der Waals surface area contributed by atoms with Crippen LogP contribution in [-0.4, -0.2) is 27.9 Å². The predicted octanol–water partition coefficient (Wildman–Crippen LogP) is 2.46. The third-order valence-electron chi connectivity index (χ3n) is 3.89. The SMILES string of the molecule is CC[C@H](C)N1C(=O)C[C@H](C(=O)O)[C@@H]1c1ccccc1. The van der Waals surface area contributed by atoms with Crippen LogP contribution in [-0.2, 0) is 9.59 Å². The average Bonchev–Trinajstić information content (AvgIpc) is 2.76. The Hall–Kier alpha value is -1.84. The molecule has 1 heterocycles. The highest BCUT2D eigenvalue weighted by atomic mass is 16.4. The average molecular weight is 261 g/mol. The van der Waals surface area contributed by atoms with Gasteiger partial charge in [-0.25, -0.2) is 0 Å². The Balaban J connectivity index is 2.42. The highest BCUT2D eigenvalue weighted by molar-refractivity contribution is 5.87. The van der Waals surface area contributed by atoms with Gasteiger partial charge in [0.2, 0.25) is 5.91 Å². The molecular weight excluding hydrogens is 242 g/mol. The second-order valence-corrected chi connectivity index (χ2v) is 5.06. The van der Waals surface area contributed by atoms with Crippen LogP contribution < -0.4 is 0 Å². The van der Waals surface area contributed by atoms with Crippen molar-refractivity contribution in [2.45, 2.75) is 38.8 Å². The number of likely N-dealkylation sites (tertiary alicyclic amines) is 1. The van der Waals surface area contributed by atoms with Gasteiger partial charge in [-0.3, -0.25) is 9.59 Å². The van der Waals surface area contributed by atoms with Crippen LogP contribution >= 0.6 is 0 Å². The summed E-state index contributed by atoms with van der Waals surface area (Å²) in [7, 11) is 0. The second kappa shape index (κ2) is 5.43. The van der Waals surface area contributed by atoms with Gasteiger partial charge >= 0.3 is 5.97 Å². The van der Waals surface area contributed by atoms with Gasteiger partial charge in [0.1, 0.15) is 0 Å². The van der Waals surface area contributed by atoms with E-state index >= 15 is 0 Å². The zero-order valence-corrected chi connectivity index (χ0v) is 11.2. The predicted molar refractivity (Wildman–Crippen MR) is 71.5 cm³/mol. The summed E-state index contributed by atoms with van der Waals surface area (Å²) >= 11 is 0. The van der Waals surface area contributed by atoms with Crippen LogP contribution in [0.15, 0.2) is 30.3 Å². The number of hydrogen-bond acceptors (Lipinski definition) is 2. The highest BCUT2D eigenvalue weighted by Gasteiger charge is 2.45. The number of amides is 1. The largest absolute Gasteiger partial charge is 0.481 e. The number of hydrogen-bond donors (Lipinski definition) is 1. The number of benzene rings is 1. The van der Waals surface area contributed by atoms with E-state index in [-0.39, 0.29) is 24.4 Å². The molecule has 102 valence electrons.